The predicted octanol–water partition coefficient (Wildman–Crippen LogP) is 2.65. The average molecular weight is 416 g/mol. The Balaban J connectivity index is 1.44. The second-order valence-corrected chi connectivity index (χ2v) is 7.26. The first-order chi connectivity index (χ1) is 14.4. The SMILES string of the molecule is O=C(NC1CCc2nn(Cc3ccc(F)cc3)c(=O)n2CC1)c1cc(F)ccc1F. The van der Waals surface area contributed by atoms with Gasteiger partial charge in [0.25, 0.3) is 5.91 Å². The number of fused-ring (bicyclic) bond motifs is 1. The maximum absolute atomic E-state index is 13.8. The topological polar surface area (TPSA) is 68.9 Å². The second-order valence-electron chi connectivity index (χ2n) is 7.26. The summed E-state index contributed by atoms with van der Waals surface area (Å²) in [6.45, 7) is 0.576. The third kappa shape index (κ3) is 4.14. The van der Waals surface area contributed by atoms with Crippen LogP contribution in [0.5, 0.6) is 0 Å². The standard InChI is InChI=1S/C21H19F3N4O2/c22-14-3-1-13(2-4-14)12-28-21(30)27-10-9-16(6-8-19(27)26-28)25-20(29)17-11-15(23)5-7-18(17)24/h1-5,7,11,16H,6,8-10,12H2,(H,25,29). The minimum Gasteiger partial charge on any atom is -0.349 e. The Morgan fingerprint density at radius 1 is 1.07 bits per heavy atom. The molecule has 0 radical (unpaired) electrons. The molecular weight excluding hydrogens is 397 g/mol. The zero-order valence-corrected chi connectivity index (χ0v) is 15.9. The summed E-state index contributed by atoms with van der Waals surface area (Å²) in [4.78, 5) is 25.0. The number of aromatic nitrogens is 3. The summed E-state index contributed by atoms with van der Waals surface area (Å²) in [7, 11) is 0. The van der Waals surface area contributed by atoms with Crippen molar-refractivity contribution in [2.24, 2.45) is 0 Å². The molecule has 1 aliphatic rings. The van der Waals surface area contributed by atoms with E-state index in [-0.39, 0.29) is 29.7 Å². The Labute approximate surface area is 170 Å². The summed E-state index contributed by atoms with van der Waals surface area (Å²) in [5.41, 5.74) is 0.130. The van der Waals surface area contributed by atoms with Gasteiger partial charge in [0, 0.05) is 19.0 Å². The van der Waals surface area contributed by atoms with Crippen molar-refractivity contribution in [1.82, 2.24) is 19.7 Å². The molecule has 1 aromatic heterocycles. The van der Waals surface area contributed by atoms with Crippen molar-refractivity contribution in [2.45, 2.75) is 38.4 Å². The summed E-state index contributed by atoms with van der Waals surface area (Å²) in [5, 5.41) is 7.09. The van der Waals surface area contributed by atoms with Crippen molar-refractivity contribution in [3.8, 4) is 0 Å². The normalized spacial score (nSPS) is 16.0. The van der Waals surface area contributed by atoms with E-state index in [0.717, 1.165) is 23.8 Å². The number of nitrogens with zero attached hydrogens (tertiary/aromatic N) is 3. The first kappa shape index (κ1) is 19.9. The van der Waals surface area contributed by atoms with Crippen LogP contribution in [0, 0.1) is 17.5 Å². The van der Waals surface area contributed by atoms with Crippen LogP contribution in [0.1, 0.15) is 34.6 Å². The van der Waals surface area contributed by atoms with Gasteiger partial charge in [0.05, 0.1) is 12.1 Å². The van der Waals surface area contributed by atoms with E-state index in [1.807, 2.05) is 0 Å². The van der Waals surface area contributed by atoms with Crippen LogP contribution in [0.15, 0.2) is 47.3 Å². The summed E-state index contributed by atoms with van der Waals surface area (Å²) < 4.78 is 43.1. The van der Waals surface area contributed by atoms with Gasteiger partial charge in [-0.2, -0.15) is 5.10 Å². The van der Waals surface area contributed by atoms with Crippen molar-refractivity contribution < 1.29 is 18.0 Å². The van der Waals surface area contributed by atoms with Gasteiger partial charge in [-0.3, -0.25) is 9.36 Å². The summed E-state index contributed by atoms with van der Waals surface area (Å²) >= 11 is 0. The number of halogens is 3. The lowest BCUT2D eigenvalue weighted by Gasteiger charge is -2.16. The fourth-order valence-corrected chi connectivity index (χ4v) is 3.57. The molecule has 0 saturated carbocycles. The first-order valence-corrected chi connectivity index (χ1v) is 9.57. The highest BCUT2D eigenvalue weighted by Gasteiger charge is 2.23. The molecule has 1 atom stereocenters. The van der Waals surface area contributed by atoms with Gasteiger partial charge in [0.15, 0.2) is 0 Å². The van der Waals surface area contributed by atoms with Crippen molar-refractivity contribution in [1.29, 1.82) is 0 Å². The Morgan fingerprint density at radius 3 is 2.57 bits per heavy atom. The maximum atomic E-state index is 13.8. The molecule has 2 aromatic carbocycles. The molecule has 3 aromatic rings. The van der Waals surface area contributed by atoms with Crippen molar-refractivity contribution in [3.63, 3.8) is 0 Å². The second kappa shape index (κ2) is 8.17. The molecule has 156 valence electrons. The van der Waals surface area contributed by atoms with Crippen LogP contribution in [0.4, 0.5) is 13.2 Å². The minimum atomic E-state index is -0.792. The highest BCUT2D eigenvalue weighted by atomic mass is 19.1. The van der Waals surface area contributed by atoms with E-state index in [4.69, 9.17) is 0 Å². The number of carbonyl (C=O) groups excluding carboxylic acids is 1. The fraction of sp³-hybridized carbons (Fsp3) is 0.286. The third-order valence-corrected chi connectivity index (χ3v) is 5.17. The van der Waals surface area contributed by atoms with Gasteiger partial charge < -0.3 is 5.32 Å². The lowest BCUT2D eigenvalue weighted by atomic mass is 10.1. The van der Waals surface area contributed by atoms with E-state index in [1.165, 1.54) is 16.8 Å². The van der Waals surface area contributed by atoms with E-state index in [1.54, 1.807) is 16.7 Å². The van der Waals surface area contributed by atoms with Crippen molar-refractivity contribution in [2.75, 3.05) is 0 Å². The van der Waals surface area contributed by atoms with E-state index in [2.05, 4.69) is 10.4 Å². The third-order valence-electron chi connectivity index (χ3n) is 5.17. The smallest absolute Gasteiger partial charge is 0.346 e. The van der Waals surface area contributed by atoms with E-state index >= 15 is 0 Å². The first-order valence-electron chi connectivity index (χ1n) is 9.57. The lowest BCUT2D eigenvalue weighted by molar-refractivity contribution is 0.0928. The molecule has 1 aliphatic heterocycles. The molecule has 30 heavy (non-hydrogen) atoms. The van der Waals surface area contributed by atoms with E-state index in [9.17, 15) is 22.8 Å². The van der Waals surface area contributed by atoms with Gasteiger partial charge in [-0.1, -0.05) is 12.1 Å². The van der Waals surface area contributed by atoms with E-state index in [0.29, 0.717) is 31.6 Å². The number of amides is 1. The highest BCUT2D eigenvalue weighted by Crippen LogP contribution is 2.15. The van der Waals surface area contributed by atoms with Gasteiger partial charge in [0.1, 0.15) is 23.3 Å². The lowest BCUT2D eigenvalue weighted by Crippen LogP contribution is -2.36. The summed E-state index contributed by atoms with van der Waals surface area (Å²) in [6, 6.07) is 8.29. The molecule has 0 aliphatic carbocycles. The molecule has 0 fully saturated rings. The largest absolute Gasteiger partial charge is 0.349 e. The molecule has 0 saturated heterocycles. The molecule has 1 unspecified atom stereocenters. The quantitative estimate of drug-likeness (QED) is 0.711. The minimum absolute atomic E-state index is 0.234. The Morgan fingerprint density at radius 2 is 1.80 bits per heavy atom. The number of carbonyl (C=O) groups is 1. The summed E-state index contributed by atoms with van der Waals surface area (Å²) in [6.07, 6.45) is 1.41. The van der Waals surface area contributed by atoms with Crippen LogP contribution in [0.2, 0.25) is 0 Å². The average Bonchev–Trinajstić information content (AvgIpc) is 2.88. The number of hydrogen-bond acceptors (Lipinski definition) is 3. The predicted molar refractivity (Wildman–Crippen MR) is 103 cm³/mol. The Hall–Kier alpha value is -3.36. The van der Waals surface area contributed by atoms with Crippen LogP contribution in [0.3, 0.4) is 0 Å². The number of benzene rings is 2. The molecule has 0 bridgehead atoms. The van der Waals surface area contributed by atoms with Gasteiger partial charge in [-0.05, 0) is 48.7 Å². The highest BCUT2D eigenvalue weighted by molar-refractivity contribution is 5.94. The molecule has 9 heteroatoms. The zero-order chi connectivity index (χ0) is 21.3. The van der Waals surface area contributed by atoms with Crippen LogP contribution in [-0.2, 0) is 19.5 Å². The monoisotopic (exact) mass is 416 g/mol. The molecule has 1 N–H and O–H groups in total. The molecule has 0 spiro atoms. The van der Waals surface area contributed by atoms with Crippen molar-refractivity contribution >= 4 is 5.91 Å². The van der Waals surface area contributed by atoms with Crippen LogP contribution >= 0.6 is 0 Å². The Bertz CT molecular complexity index is 1140. The van der Waals surface area contributed by atoms with E-state index < -0.39 is 17.5 Å². The molecular formula is C21H19F3N4O2. The van der Waals surface area contributed by atoms with Crippen LogP contribution < -0.4 is 11.0 Å². The van der Waals surface area contributed by atoms with Gasteiger partial charge >= 0.3 is 5.69 Å². The van der Waals surface area contributed by atoms with Crippen molar-refractivity contribution in [3.05, 3.63) is 87.4 Å². The molecule has 4 rings (SSSR count). The molecule has 6 nitrogen and oxygen atoms in total. The zero-order valence-electron chi connectivity index (χ0n) is 15.9. The number of nitrogens with one attached hydrogen (secondary N) is 1. The molecule has 1 amide bonds. The maximum Gasteiger partial charge on any atom is 0.346 e. The number of aryl methyl sites for hydroxylation is 1. The number of hydrogen-bond donors (Lipinski definition) is 1. The molecule has 2 heterocycles. The van der Waals surface area contributed by atoms with Gasteiger partial charge in [0.2, 0.25) is 0 Å². The summed E-state index contributed by atoms with van der Waals surface area (Å²) in [5.74, 6) is -1.93. The Kier molecular flexibility index (Phi) is 5.43. The van der Waals surface area contributed by atoms with Gasteiger partial charge in [-0.25, -0.2) is 22.6 Å². The number of rotatable bonds is 4. The van der Waals surface area contributed by atoms with Crippen LogP contribution in [-0.4, -0.2) is 26.3 Å². The van der Waals surface area contributed by atoms with Gasteiger partial charge in [-0.15, -0.1) is 0 Å². The van der Waals surface area contributed by atoms with Crippen LogP contribution in [0.25, 0.3) is 0 Å². The fourth-order valence-electron chi connectivity index (χ4n) is 3.57.